The number of nitrogens with one attached hydrogen (secondary N) is 1. The summed E-state index contributed by atoms with van der Waals surface area (Å²) in [4.78, 5) is 18.0. The predicted molar refractivity (Wildman–Crippen MR) is 69.5 cm³/mol. The molecule has 8 heteroatoms. The number of nitrogens with zero attached hydrogens (tertiary/aromatic N) is 3. The Kier molecular flexibility index (Phi) is 4.04. The molecule has 0 aliphatic heterocycles. The second-order valence-corrected chi connectivity index (χ2v) is 3.70. The van der Waals surface area contributed by atoms with Crippen molar-refractivity contribution in [2.45, 2.75) is 6.92 Å². The zero-order chi connectivity index (χ0) is 14.5. The molecule has 0 aliphatic rings. The Labute approximate surface area is 113 Å². The molecule has 0 spiro atoms. The highest BCUT2D eigenvalue weighted by molar-refractivity contribution is 5.68. The molecule has 0 radical (unpaired) electrons. The van der Waals surface area contributed by atoms with Crippen LogP contribution in [0.25, 0.3) is 0 Å². The van der Waals surface area contributed by atoms with Crippen molar-refractivity contribution in [3.05, 3.63) is 46.5 Å². The van der Waals surface area contributed by atoms with Gasteiger partial charge in [-0.1, -0.05) is 0 Å². The molecule has 0 saturated heterocycles. The van der Waals surface area contributed by atoms with Gasteiger partial charge in [0.2, 0.25) is 5.82 Å². The monoisotopic (exact) mass is 278 g/mol. The fourth-order valence-corrected chi connectivity index (χ4v) is 1.53. The first kappa shape index (κ1) is 13.7. The molecule has 0 bridgehead atoms. The zero-order valence-electron chi connectivity index (χ0n) is 10.5. The molecule has 2 aromatic rings. The van der Waals surface area contributed by atoms with Crippen LogP contribution in [0.5, 0.6) is 5.88 Å². The van der Waals surface area contributed by atoms with E-state index in [0.29, 0.717) is 5.69 Å². The quantitative estimate of drug-likeness (QED) is 0.668. The van der Waals surface area contributed by atoms with Crippen LogP contribution < -0.4 is 10.1 Å². The van der Waals surface area contributed by atoms with Gasteiger partial charge in [-0.2, -0.15) is 4.98 Å². The van der Waals surface area contributed by atoms with Gasteiger partial charge in [0.25, 0.3) is 5.88 Å². The number of aromatic nitrogens is 2. The molecule has 0 atom stereocenters. The Morgan fingerprint density at radius 3 is 2.65 bits per heavy atom. The molecule has 2 rings (SSSR count). The van der Waals surface area contributed by atoms with E-state index < -0.39 is 10.7 Å². The molecule has 20 heavy (non-hydrogen) atoms. The number of anilines is 2. The summed E-state index contributed by atoms with van der Waals surface area (Å²) >= 11 is 0. The molecule has 7 nitrogen and oxygen atoms in total. The summed E-state index contributed by atoms with van der Waals surface area (Å²) in [7, 11) is 0. The molecule has 1 heterocycles. The minimum atomic E-state index is -0.628. The smallest absolute Gasteiger partial charge is 0.373 e. The summed E-state index contributed by atoms with van der Waals surface area (Å²) in [6.45, 7) is 1.94. The van der Waals surface area contributed by atoms with Crippen LogP contribution in [-0.2, 0) is 0 Å². The Hall–Kier alpha value is -2.77. The molecule has 0 unspecified atom stereocenters. The van der Waals surface area contributed by atoms with E-state index in [1.807, 2.05) is 0 Å². The van der Waals surface area contributed by atoms with Gasteiger partial charge in [0.05, 0.1) is 11.5 Å². The lowest BCUT2D eigenvalue weighted by atomic mass is 10.3. The second-order valence-electron chi connectivity index (χ2n) is 3.70. The standard InChI is InChI=1S/C12H11FN4O3/c1-2-20-12-10(17(18)19)11(14-7-15-12)16-9-5-3-8(13)4-6-9/h3-7H,2H2,1H3,(H,14,15,16). The van der Waals surface area contributed by atoms with Crippen molar-refractivity contribution in [1.29, 1.82) is 0 Å². The highest BCUT2D eigenvalue weighted by atomic mass is 19.1. The van der Waals surface area contributed by atoms with Gasteiger partial charge in [-0.05, 0) is 31.2 Å². The highest BCUT2D eigenvalue weighted by Crippen LogP contribution is 2.32. The van der Waals surface area contributed by atoms with Crippen molar-refractivity contribution in [2.75, 3.05) is 11.9 Å². The minimum Gasteiger partial charge on any atom is -0.473 e. The summed E-state index contributed by atoms with van der Waals surface area (Å²) in [5.74, 6) is -0.528. The predicted octanol–water partition coefficient (Wildman–Crippen LogP) is 2.67. The molecule has 0 fully saturated rings. The largest absolute Gasteiger partial charge is 0.473 e. The van der Waals surface area contributed by atoms with Gasteiger partial charge in [0.1, 0.15) is 12.1 Å². The van der Waals surface area contributed by atoms with Crippen LogP contribution in [0.3, 0.4) is 0 Å². The molecule has 1 aromatic carbocycles. The van der Waals surface area contributed by atoms with Crippen LogP contribution in [-0.4, -0.2) is 21.5 Å². The lowest BCUT2D eigenvalue weighted by Crippen LogP contribution is -2.05. The number of halogens is 1. The Balaban J connectivity index is 2.37. The van der Waals surface area contributed by atoms with E-state index in [2.05, 4.69) is 15.3 Å². The summed E-state index contributed by atoms with van der Waals surface area (Å²) in [5.41, 5.74) is 0.106. The summed E-state index contributed by atoms with van der Waals surface area (Å²) in [6.07, 6.45) is 1.16. The van der Waals surface area contributed by atoms with E-state index in [9.17, 15) is 14.5 Å². The number of hydrogen-bond acceptors (Lipinski definition) is 6. The maximum absolute atomic E-state index is 12.8. The fraction of sp³-hybridized carbons (Fsp3) is 0.167. The first-order chi connectivity index (χ1) is 9.61. The topological polar surface area (TPSA) is 90.2 Å². The number of hydrogen-bond donors (Lipinski definition) is 1. The molecule has 104 valence electrons. The number of rotatable bonds is 5. The van der Waals surface area contributed by atoms with Gasteiger partial charge >= 0.3 is 5.69 Å². The second kappa shape index (κ2) is 5.91. The minimum absolute atomic E-state index is 0.0138. The average molecular weight is 278 g/mol. The third-order valence-corrected chi connectivity index (χ3v) is 2.36. The van der Waals surface area contributed by atoms with Crippen LogP contribution in [0, 0.1) is 15.9 Å². The van der Waals surface area contributed by atoms with Crippen molar-refractivity contribution in [2.24, 2.45) is 0 Å². The fourth-order valence-electron chi connectivity index (χ4n) is 1.53. The van der Waals surface area contributed by atoms with Crippen LogP contribution in [0.1, 0.15) is 6.92 Å². The number of ether oxygens (including phenoxy) is 1. The summed E-state index contributed by atoms with van der Waals surface area (Å²) < 4.78 is 17.9. The van der Waals surface area contributed by atoms with E-state index in [-0.39, 0.29) is 24.0 Å². The normalized spacial score (nSPS) is 10.1. The molecular formula is C12H11FN4O3. The lowest BCUT2D eigenvalue weighted by molar-refractivity contribution is -0.385. The maximum atomic E-state index is 12.8. The van der Waals surface area contributed by atoms with Crippen molar-refractivity contribution < 1.29 is 14.1 Å². The van der Waals surface area contributed by atoms with E-state index in [1.165, 1.54) is 24.3 Å². The van der Waals surface area contributed by atoms with Crippen molar-refractivity contribution in [3.63, 3.8) is 0 Å². The summed E-state index contributed by atoms with van der Waals surface area (Å²) in [5, 5.41) is 13.8. The van der Waals surface area contributed by atoms with Gasteiger partial charge in [-0.3, -0.25) is 10.1 Å². The Bertz CT molecular complexity index is 619. The van der Waals surface area contributed by atoms with Gasteiger partial charge in [0.15, 0.2) is 0 Å². The van der Waals surface area contributed by atoms with Crippen molar-refractivity contribution in [3.8, 4) is 5.88 Å². The average Bonchev–Trinajstić information content (AvgIpc) is 2.41. The van der Waals surface area contributed by atoms with E-state index in [1.54, 1.807) is 6.92 Å². The van der Waals surface area contributed by atoms with Gasteiger partial charge in [-0.15, -0.1) is 0 Å². The Morgan fingerprint density at radius 2 is 2.05 bits per heavy atom. The number of benzene rings is 1. The van der Waals surface area contributed by atoms with Crippen LogP contribution in [0.2, 0.25) is 0 Å². The third kappa shape index (κ3) is 2.97. The summed E-state index contributed by atoms with van der Waals surface area (Å²) in [6, 6.07) is 5.36. The molecule has 1 aromatic heterocycles. The van der Waals surface area contributed by atoms with Crippen LogP contribution >= 0.6 is 0 Å². The lowest BCUT2D eigenvalue weighted by Gasteiger charge is -2.08. The SMILES string of the molecule is CCOc1ncnc(Nc2ccc(F)cc2)c1[N+](=O)[O-]. The van der Waals surface area contributed by atoms with Crippen molar-refractivity contribution in [1.82, 2.24) is 9.97 Å². The van der Waals surface area contributed by atoms with E-state index in [4.69, 9.17) is 4.74 Å². The molecular weight excluding hydrogens is 267 g/mol. The zero-order valence-corrected chi connectivity index (χ0v) is 10.5. The van der Waals surface area contributed by atoms with Gasteiger partial charge < -0.3 is 10.1 Å². The maximum Gasteiger partial charge on any atom is 0.373 e. The van der Waals surface area contributed by atoms with Crippen LogP contribution in [0.4, 0.5) is 21.6 Å². The molecule has 0 amide bonds. The third-order valence-electron chi connectivity index (χ3n) is 2.36. The number of nitro groups is 1. The van der Waals surface area contributed by atoms with Gasteiger partial charge in [-0.25, -0.2) is 9.37 Å². The van der Waals surface area contributed by atoms with E-state index in [0.717, 1.165) is 6.33 Å². The highest BCUT2D eigenvalue weighted by Gasteiger charge is 2.24. The van der Waals surface area contributed by atoms with Crippen LogP contribution in [0.15, 0.2) is 30.6 Å². The first-order valence-electron chi connectivity index (χ1n) is 5.76. The van der Waals surface area contributed by atoms with Crippen molar-refractivity contribution >= 4 is 17.2 Å². The molecule has 1 N–H and O–H groups in total. The molecule has 0 aliphatic carbocycles. The van der Waals surface area contributed by atoms with E-state index >= 15 is 0 Å². The first-order valence-corrected chi connectivity index (χ1v) is 5.76. The molecule has 0 saturated carbocycles. The Morgan fingerprint density at radius 1 is 1.35 bits per heavy atom. The van der Waals surface area contributed by atoms with Gasteiger partial charge in [0, 0.05) is 5.69 Å².